The number of anilines is 1. The van der Waals surface area contributed by atoms with Crippen LogP contribution in [0.3, 0.4) is 0 Å². The van der Waals surface area contributed by atoms with Crippen LogP contribution in [-0.4, -0.2) is 11.8 Å². The molecule has 106 valence electrons. The molecule has 2 bridgehead atoms. The molecule has 3 fully saturated rings. The molecule has 6 rings (SSSR count). The Labute approximate surface area is 136 Å². The van der Waals surface area contributed by atoms with E-state index < -0.39 is 0 Å². The second kappa shape index (κ2) is 3.97. The van der Waals surface area contributed by atoms with E-state index in [0.29, 0.717) is 23.7 Å². The van der Waals surface area contributed by atoms with Gasteiger partial charge in [0.1, 0.15) is 0 Å². The number of nitrogens with zero attached hydrogens (tertiary/aromatic N) is 1. The van der Waals surface area contributed by atoms with Gasteiger partial charge in [0.15, 0.2) is 0 Å². The highest BCUT2D eigenvalue weighted by molar-refractivity contribution is 14.1. The number of halogens is 1. The predicted molar refractivity (Wildman–Crippen MR) is 86.3 cm³/mol. The molecule has 1 aromatic rings. The summed E-state index contributed by atoms with van der Waals surface area (Å²) < 4.78 is 0.959. The van der Waals surface area contributed by atoms with Crippen molar-refractivity contribution in [2.45, 2.75) is 6.42 Å². The van der Waals surface area contributed by atoms with Gasteiger partial charge in [0.2, 0.25) is 11.8 Å². The molecular weight excluding hydrogens is 377 g/mol. The summed E-state index contributed by atoms with van der Waals surface area (Å²) in [6.07, 6.45) is 5.63. The summed E-state index contributed by atoms with van der Waals surface area (Å²) in [5, 5.41) is 0. The minimum absolute atomic E-state index is 0.0267. The van der Waals surface area contributed by atoms with Crippen LogP contribution >= 0.6 is 22.6 Å². The minimum atomic E-state index is -0.104. The number of rotatable bonds is 1. The van der Waals surface area contributed by atoms with Crippen LogP contribution in [0.25, 0.3) is 0 Å². The number of carbonyl (C=O) groups excluding carboxylic acids is 2. The van der Waals surface area contributed by atoms with Crippen molar-refractivity contribution in [2.24, 2.45) is 35.5 Å². The molecule has 0 unspecified atom stereocenters. The molecule has 1 aliphatic heterocycles. The number of para-hydroxylation sites is 1. The second-order valence-corrected chi connectivity index (χ2v) is 7.78. The smallest absolute Gasteiger partial charge is 0.238 e. The Morgan fingerprint density at radius 1 is 0.952 bits per heavy atom. The summed E-state index contributed by atoms with van der Waals surface area (Å²) >= 11 is 2.20. The first-order valence-electron chi connectivity index (χ1n) is 7.49. The van der Waals surface area contributed by atoms with Gasteiger partial charge in [-0.05, 0) is 64.8 Å². The SMILES string of the molecule is O=C1[C@@H]2[C@H]3C=C[C@@H]([C@@H]4C[C@@H]34)[C@@H]2C(=O)N1c1ccccc1I. The number of carbonyl (C=O) groups is 2. The summed E-state index contributed by atoms with van der Waals surface area (Å²) in [4.78, 5) is 27.3. The fraction of sp³-hybridized carbons (Fsp3) is 0.412. The Hall–Kier alpha value is -1.17. The van der Waals surface area contributed by atoms with Gasteiger partial charge in [-0.1, -0.05) is 24.3 Å². The molecule has 6 atom stereocenters. The van der Waals surface area contributed by atoms with Gasteiger partial charge >= 0.3 is 0 Å². The Bertz CT molecular complexity index is 676. The van der Waals surface area contributed by atoms with Crippen molar-refractivity contribution in [3.63, 3.8) is 0 Å². The number of imide groups is 1. The Kier molecular flexibility index (Phi) is 2.34. The van der Waals surface area contributed by atoms with E-state index in [-0.39, 0.29) is 23.7 Å². The van der Waals surface area contributed by atoms with Crippen molar-refractivity contribution in [1.82, 2.24) is 0 Å². The lowest BCUT2D eigenvalue weighted by atomic mass is 9.63. The van der Waals surface area contributed by atoms with Crippen LogP contribution in [0.5, 0.6) is 0 Å². The molecule has 1 heterocycles. The first-order chi connectivity index (χ1) is 10.2. The van der Waals surface area contributed by atoms with E-state index in [1.165, 1.54) is 11.3 Å². The summed E-state index contributed by atoms with van der Waals surface area (Å²) in [5.41, 5.74) is 0.760. The third-order valence-electron chi connectivity index (χ3n) is 5.76. The summed E-state index contributed by atoms with van der Waals surface area (Å²) in [6.45, 7) is 0. The molecule has 0 radical (unpaired) electrons. The monoisotopic (exact) mass is 391 g/mol. The largest absolute Gasteiger partial charge is 0.274 e. The highest BCUT2D eigenvalue weighted by Crippen LogP contribution is 2.65. The first-order valence-corrected chi connectivity index (χ1v) is 8.57. The van der Waals surface area contributed by atoms with Gasteiger partial charge in [-0.15, -0.1) is 0 Å². The number of amides is 2. The highest BCUT2D eigenvalue weighted by atomic mass is 127. The molecule has 1 saturated heterocycles. The minimum Gasteiger partial charge on any atom is -0.274 e. The molecule has 2 amide bonds. The average Bonchev–Trinajstić information content (AvgIpc) is 3.26. The van der Waals surface area contributed by atoms with Crippen molar-refractivity contribution >= 4 is 40.1 Å². The topological polar surface area (TPSA) is 37.4 Å². The zero-order valence-corrected chi connectivity index (χ0v) is 13.4. The van der Waals surface area contributed by atoms with Crippen LogP contribution in [0.2, 0.25) is 0 Å². The molecule has 21 heavy (non-hydrogen) atoms. The van der Waals surface area contributed by atoms with Crippen LogP contribution in [0.1, 0.15) is 6.42 Å². The van der Waals surface area contributed by atoms with E-state index in [2.05, 4.69) is 34.7 Å². The van der Waals surface area contributed by atoms with Gasteiger partial charge in [0, 0.05) is 3.57 Å². The van der Waals surface area contributed by atoms with E-state index in [9.17, 15) is 9.59 Å². The van der Waals surface area contributed by atoms with E-state index in [1.807, 2.05) is 24.3 Å². The van der Waals surface area contributed by atoms with Gasteiger partial charge < -0.3 is 0 Å². The van der Waals surface area contributed by atoms with E-state index >= 15 is 0 Å². The van der Waals surface area contributed by atoms with Crippen molar-refractivity contribution in [2.75, 3.05) is 4.90 Å². The number of benzene rings is 1. The van der Waals surface area contributed by atoms with Gasteiger partial charge in [-0.2, -0.15) is 0 Å². The van der Waals surface area contributed by atoms with Crippen LogP contribution in [-0.2, 0) is 9.59 Å². The average molecular weight is 391 g/mol. The van der Waals surface area contributed by atoms with E-state index in [0.717, 1.165) is 9.26 Å². The molecule has 0 spiro atoms. The zero-order chi connectivity index (χ0) is 14.3. The van der Waals surface area contributed by atoms with Crippen molar-refractivity contribution < 1.29 is 9.59 Å². The van der Waals surface area contributed by atoms with Gasteiger partial charge in [0.05, 0.1) is 17.5 Å². The van der Waals surface area contributed by atoms with Crippen LogP contribution < -0.4 is 4.90 Å². The molecule has 4 heteroatoms. The summed E-state index contributed by atoms with van der Waals surface area (Å²) in [7, 11) is 0. The molecule has 3 nitrogen and oxygen atoms in total. The number of hydrogen-bond acceptors (Lipinski definition) is 2. The molecule has 2 saturated carbocycles. The lowest BCUT2D eigenvalue weighted by molar-refractivity contribution is -0.124. The van der Waals surface area contributed by atoms with Crippen molar-refractivity contribution in [3.8, 4) is 0 Å². The lowest BCUT2D eigenvalue weighted by Gasteiger charge is -2.37. The Morgan fingerprint density at radius 2 is 1.52 bits per heavy atom. The number of allylic oxidation sites excluding steroid dienone is 2. The fourth-order valence-electron chi connectivity index (χ4n) is 4.83. The van der Waals surface area contributed by atoms with E-state index in [1.54, 1.807) is 0 Å². The third-order valence-corrected chi connectivity index (χ3v) is 6.67. The lowest BCUT2D eigenvalue weighted by Crippen LogP contribution is -2.40. The Balaban J connectivity index is 1.62. The molecule has 5 aliphatic rings. The van der Waals surface area contributed by atoms with Gasteiger partial charge in [-0.3, -0.25) is 9.59 Å². The molecule has 1 aromatic carbocycles. The van der Waals surface area contributed by atoms with Crippen molar-refractivity contribution in [3.05, 3.63) is 40.0 Å². The van der Waals surface area contributed by atoms with Crippen molar-refractivity contribution in [1.29, 1.82) is 0 Å². The molecular formula is C17H14INO2. The third kappa shape index (κ3) is 1.44. The summed E-state index contributed by atoms with van der Waals surface area (Å²) in [5.74, 6) is 1.76. The van der Waals surface area contributed by atoms with Gasteiger partial charge in [-0.25, -0.2) is 4.90 Å². The van der Waals surface area contributed by atoms with Crippen LogP contribution in [0, 0.1) is 39.1 Å². The van der Waals surface area contributed by atoms with Crippen LogP contribution in [0.15, 0.2) is 36.4 Å². The standard InChI is InChI=1S/C17H14INO2/c18-12-3-1-2-4-13(12)19-16(20)14-8-5-6-9(11-7-10(8)11)15(14)17(19)21/h1-6,8-11,14-15H,7H2/t8-,9-,10-,11-,14-,15+/m0/s1. The maximum Gasteiger partial charge on any atom is 0.238 e. The summed E-state index contributed by atoms with van der Waals surface area (Å²) in [6, 6.07) is 7.65. The highest BCUT2D eigenvalue weighted by Gasteiger charge is 2.67. The first kappa shape index (κ1) is 12.4. The fourth-order valence-corrected chi connectivity index (χ4v) is 5.46. The second-order valence-electron chi connectivity index (χ2n) is 6.62. The quantitative estimate of drug-likeness (QED) is 0.420. The molecule has 0 aromatic heterocycles. The normalized spacial score (nSPS) is 42.2. The van der Waals surface area contributed by atoms with Crippen LogP contribution in [0.4, 0.5) is 5.69 Å². The molecule has 0 N–H and O–H groups in total. The number of hydrogen-bond donors (Lipinski definition) is 0. The van der Waals surface area contributed by atoms with E-state index in [4.69, 9.17) is 0 Å². The Morgan fingerprint density at radius 3 is 2.10 bits per heavy atom. The maximum absolute atomic E-state index is 12.9. The maximum atomic E-state index is 12.9. The predicted octanol–water partition coefficient (Wildman–Crippen LogP) is 2.85. The zero-order valence-electron chi connectivity index (χ0n) is 11.3. The molecule has 4 aliphatic carbocycles. The van der Waals surface area contributed by atoms with Gasteiger partial charge in [0.25, 0.3) is 0 Å².